The van der Waals surface area contributed by atoms with Crippen LogP contribution in [-0.4, -0.2) is 97.6 Å². The molecule has 1 aliphatic heterocycles. The first-order valence-corrected chi connectivity index (χ1v) is 24.6. The van der Waals surface area contributed by atoms with Crippen molar-refractivity contribution in [2.45, 2.75) is 85.1 Å². The van der Waals surface area contributed by atoms with Gasteiger partial charge in [-0.15, -0.1) is 0 Å². The molecular weight excluding hydrogens is 865 g/mol. The fourth-order valence-corrected chi connectivity index (χ4v) is 10.2. The SMILES string of the molecule is CCN(CC)CCCNC(=O)c1cc(NC(=O)c2ccc(/N=N/C(C(C)=O)C(=O)N3C4=CCCCC4(C)c4cc5c6c(cccc6c43)-c3ccccc3-5)cc2)cc(C(=O)NCCCN(CC)CC)c1. The summed E-state index contributed by atoms with van der Waals surface area (Å²) >= 11 is 0. The van der Waals surface area contributed by atoms with E-state index in [2.05, 4.69) is 119 Å². The van der Waals surface area contributed by atoms with Crippen molar-refractivity contribution < 1.29 is 24.0 Å². The Morgan fingerprint density at radius 3 is 1.88 bits per heavy atom. The van der Waals surface area contributed by atoms with E-state index < -0.39 is 29.1 Å². The van der Waals surface area contributed by atoms with Crippen LogP contribution in [-0.2, 0) is 15.0 Å². The van der Waals surface area contributed by atoms with E-state index in [0.717, 1.165) is 110 Å². The number of benzene rings is 5. The van der Waals surface area contributed by atoms with Gasteiger partial charge in [0.15, 0.2) is 5.78 Å². The van der Waals surface area contributed by atoms with Crippen molar-refractivity contribution in [3.8, 4) is 22.3 Å². The van der Waals surface area contributed by atoms with Crippen LogP contribution in [0.15, 0.2) is 113 Å². The van der Waals surface area contributed by atoms with E-state index in [4.69, 9.17) is 0 Å². The van der Waals surface area contributed by atoms with Crippen LogP contribution in [0.5, 0.6) is 0 Å². The Labute approximate surface area is 405 Å². The maximum absolute atomic E-state index is 14.9. The van der Waals surface area contributed by atoms with Gasteiger partial charge in [-0.05, 0) is 167 Å². The van der Waals surface area contributed by atoms with Crippen LogP contribution in [0.1, 0.15) is 110 Å². The molecule has 0 saturated heterocycles. The third-order valence-electron chi connectivity index (χ3n) is 14.1. The number of amides is 4. The van der Waals surface area contributed by atoms with Crippen LogP contribution >= 0.6 is 0 Å². The Hall–Kier alpha value is -6.83. The highest BCUT2D eigenvalue weighted by Crippen LogP contribution is 2.59. The predicted octanol–water partition coefficient (Wildman–Crippen LogP) is 10.1. The van der Waals surface area contributed by atoms with Gasteiger partial charge >= 0.3 is 0 Å². The lowest BCUT2D eigenvalue weighted by Gasteiger charge is -2.33. The average Bonchev–Trinajstić information content (AvgIpc) is 3.83. The molecule has 13 heteroatoms. The van der Waals surface area contributed by atoms with Gasteiger partial charge in [0.2, 0.25) is 6.04 Å². The molecule has 0 fully saturated rings. The Bertz CT molecular complexity index is 2800. The van der Waals surface area contributed by atoms with Crippen LogP contribution in [0.25, 0.3) is 33.0 Å². The average molecular weight is 929 g/mol. The highest BCUT2D eigenvalue weighted by molar-refractivity contribution is 6.24. The number of nitrogens with one attached hydrogen (secondary N) is 3. The van der Waals surface area contributed by atoms with E-state index >= 15 is 0 Å². The van der Waals surface area contributed by atoms with Gasteiger partial charge < -0.3 is 25.8 Å². The molecule has 3 aliphatic rings. The molecule has 1 heterocycles. The standard InChI is InChI=1S/C56H64N8O5/c1-7-62(8-2)30-16-28-57-52(66)38-32-39(53(67)58-29-17-31-63(9-3)10-4)34-41(33-38)59-54(68)37-23-25-40(26-24-37)60-61-50(36(5)65)55(69)64-48-22-13-14-27-56(48,6)47-35-46-43-19-12-11-18-42(43)44-20-15-21-45(49(44)46)51(47)64/h11-12,15,18-26,32-35,50H,7-10,13-14,16-17,27-31H2,1-6H3,(H,57,66)(H,58,67)(H,59,68)/b61-60+. The number of azo groups is 1. The summed E-state index contributed by atoms with van der Waals surface area (Å²) in [5.74, 6) is -2.06. The highest BCUT2D eigenvalue weighted by atomic mass is 16.2. The second-order valence-electron chi connectivity index (χ2n) is 18.4. The number of nitrogens with zero attached hydrogens (tertiary/aromatic N) is 5. The molecule has 13 nitrogen and oxygen atoms in total. The molecular formula is C56H64N8O5. The summed E-state index contributed by atoms with van der Waals surface area (Å²) in [5.41, 5.74) is 8.36. The van der Waals surface area contributed by atoms with Gasteiger partial charge in [0.05, 0.1) is 11.4 Å². The van der Waals surface area contributed by atoms with Gasteiger partial charge in [-0.2, -0.15) is 10.2 Å². The lowest BCUT2D eigenvalue weighted by Crippen LogP contribution is -2.42. The minimum Gasteiger partial charge on any atom is -0.352 e. The number of Topliss-reactive ketones (excluding diaryl/α,β-unsaturated/α-hetero) is 1. The van der Waals surface area contributed by atoms with Crippen LogP contribution in [0.3, 0.4) is 0 Å². The van der Waals surface area contributed by atoms with Gasteiger partial charge in [0.1, 0.15) is 0 Å². The highest BCUT2D eigenvalue weighted by Gasteiger charge is 2.50. The largest absolute Gasteiger partial charge is 0.352 e. The van der Waals surface area contributed by atoms with Gasteiger partial charge in [0.25, 0.3) is 23.6 Å². The van der Waals surface area contributed by atoms with Gasteiger partial charge in [-0.25, -0.2) is 0 Å². The first-order chi connectivity index (χ1) is 33.4. The molecule has 0 spiro atoms. The third kappa shape index (κ3) is 9.89. The molecule has 3 N–H and O–H groups in total. The molecule has 8 rings (SSSR count). The fourth-order valence-electron chi connectivity index (χ4n) is 10.2. The monoisotopic (exact) mass is 928 g/mol. The van der Waals surface area contributed by atoms with Crippen molar-refractivity contribution in [1.29, 1.82) is 0 Å². The Morgan fingerprint density at radius 1 is 0.696 bits per heavy atom. The summed E-state index contributed by atoms with van der Waals surface area (Å²) in [6.45, 7) is 18.3. The van der Waals surface area contributed by atoms with Crippen LogP contribution < -0.4 is 20.9 Å². The number of allylic oxidation sites excluding steroid dienone is 2. The molecule has 5 aromatic rings. The second kappa shape index (κ2) is 21.2. The minimum absolute atomic E-state index is 0.253. The topological polar surface area (TPSA) is 156 Å². The Balaban J connectivity index is 1.00. The number of carbonyl (C=O) groups is 5. The molecule has 0 saturated carbocycles. The predicted molar refractivity (Wildman–Crippen MR) is 274 cm³/mol. The zero-order valence-corrected chi connectivity index (χ0v) is 40.8. The fraction of sp³-hybridized carbons (Fsp3) is 0.375. The van der Waals surface area contributed by atoms with Crippen molar-refractivity contribution in [3.63, 3.8) is 0 Å². The molecule has 0 aromatic heterocycles. The molecule has 0 bridgehead atoms. The Morgan fingerprint density at radius 2 is 1.29 bits per heavy atom. The maximum Gasteiger partial charge on any atom is 0.265 e. The number of fused-ring (bicyclic) bond motifs is 7. The summed E-state index contributed by atoms with van der Waals surface area (Å²) in [7, 11) is 0. The molecule has 4 amide bonds. The van der Waals surface area contributed by atoms with E-state index in [9.17, 15) is 24.0 Å². The minimum atomic E-state index is -1.41. The first-order valence-electron chi connectivity index (χ1n) is 24.6. The van der Waals surface area contributed by atoms with E-state index in [0.29, 0.717) is 18.8 Å². The molecule has 2 atom stereocenters. The second-order valence-corrected chi connectivity index (χ2v) is 18.4. The summed E-state index contributed by atoms with van der Waals surface area (Å²) in [6, 6.07) is 26.5. The summed E-state index contributed by atoms with van der Waals surface area (Å²) in [4.78, 5) is 75.2. The number of hydrogen-bond donors (Lipinski definition) is 3. The third-order valence-corrected chi connectivity index (χ3v) is 14.1. The zero-order chi connectivity index (χ0) is 48.8. The maximum atomic E-state index is 14.9. The smallest absolute Gasteiger partial charge is 0.265 e. The van der Waals surface area contributed by atoms with E-state index in [1.54, 1.807) is 47.4 Å². The molecule has 69 heavy (non-hydrogen) atoms. The number of hydrogen-bond acceptors (Lipinski definition) is 9. The van der Waals surface area contributed by atoms with Crippen molar-refractivity contribution in [3.05, 3.63) is 125 Å². The number of carbonyl (C=O) groups excluding carboxylic acids is 5. The summed E-state index contributed by atoms with van der Waals surface area (Å²) in [5, 5.41) is 19.6. The lowest BCUT2D eigenvalue weighted by molar-refractivity contribution is -0.127. The Kier molecular flexibility index (Phi) is 14.9. The number of ketones is 1. The number of rotatable bonds is 20. The lowest BCUT2D eigenvalue weighted by atomic mass is 9.73. The number of anilines is 2. The van der Waals surface area contributed by atoms with E-state index in [-0.39, 0.29) is 34.2 Å². The van der Waals surface area contributed by atoms with Crippen LogP contribution in [0.4, 0.5) is 17.1 Å². The van der Waals surface area contributed by atoms with Gasteiger partial charge in [0, 0.05) is 52.0 Å². The van der Waals surface area contributed by atoms with Crippen LogP contribution in [0, 0.1) is 0 Å². The van der Waals surface area contributed by atoms with E-state index in [1.807, 2.05) is 6.07 Å². The molecule has 5 aromatic carbocycles. The van der Waals surface area contributed by atoms with Gasteiger partial charge in [-0.3, -0.25) is 28.9 Å². The first kappa shape index (κ1) is 48.6. The van der Waals surface area contributed by atoms with Crippen molar-refractivity contribution >= 4 is 57.2 Å². The molecule has 2 unspecified atom stereocenters. The van der Waals surface area contributed by atoms with Crippen molar-refractivity contribution in [1.82, 2.24) is 20.4 Å². The summed E-state index contributed by atoms with van der Waals surface area (Å²) < 4.78 is 0. The van der Waals surface area contributed by atoms with E-state index in [1.165, 1.54) is 18.1 Å². The van der Waals surface area contributed by atoms with Crippen molar-refractivity contribution in [2.75, 3.05) is 62.6 Å². The molecule has 358 valence electrons. The quantitative estimate of drug-likeness (QED) is 0.0391. The molecule has 2 aliphatic carbocycles. The molecule has 0 radical (unpaired) electrons. The zero-order valence-electron chi connectivity index (χ0n) is 40.8. The van der Waals surface area contributed by atoms with Crippen LogP contribution in [0.2, 0.25) is 0 Å². The summed E-state index contributed by atoms with van der Waals surface area (Å²) in [6.07, 6.45) is 6.34. The van der Waals surface area contributed by atoms with Crippen molar-refractivity contribution in [2.24, 2.45) is 10.2 Å². The normalized spacial score (nSPS) is 16.1. The van der Waals surface area contributed by atoms with Gasteiger partial charge in [-0.1, -0.05) is 76.2 Å².